The van der Waals surface area contributed by atoms with Crippen LogP contribution >= 0.6 is 22.6 Å². The van der Waals surface area contributed by atoms with Crippen molar-refractivity contribution >= 4 is 28.4 Å². The minimum atomic E-state index is 0.688. The highest BCUT2D eigenvalue weighted by atomic mass is 127. The van der Waals surface area contributed by atoms with Crippen LogP contribution < -0.4 is 10.1 Å². The van der Waals surface area contributed by atoms with Gasteiger partial charge in [-0.2, -0.15) is 4.98 Å². The van der Waals surface area contributed by atoms with Gasteiger partial charge in [-0.15, -0.1) is 0 Å². The number of rotatable bonds is 1. The average Bonchev–Trinajstić information content (AvgIpc) is 2.52. The van der Waals surface area contributed by atoms with E-state index in [9.17, 15) is 0 Å². The summed E-state index contributed by atoms with van der Waals surface area (Å²) in [4.78, 5) is 4.29. The van der Waals surface area contributed by atoms with E-state index in [4.69, 9.17) is 4.74 Å². The van der Waals surface area contributed by atoms with Crippen LogP contribution in [0.1, 0.15) is 5.56 Å². The van der Waals surface area contributed by atoms with Crippen molar-refractivity contribution in [2.45, 2.75) is 6.42 Å². The molecule has 1 aliphatic heterocycles. The fourth-order valence-corrected chi connectivity index (χ4v) is 2.10. The third kappa shape index (κ3) is 1.24. The number of nitrogens with one attached hydrogen (secondary N) is 1. The minimum absolute atomic E-state index is 0.688. The number of pyridine rings is 1. The van der Waals surface area contributed by atoms with Crippen LogP contribution in [0.25, 0.3) is 0 Å². The molecule has 1 aromatic heterocycles. The molecule has 0 saturated carbocycles. The molecule has 3 nitrogen and oxygen atoms in total. The molecule has 1 aromatic rings. The third-order valence-electron chi connectivity index (χ3n) is 1.92. The summed E-state index contributed by atoms with van der Waals surface area (Å²) in [5.41, 5.74) is 1.32. The van der Waals surface area contributed by atoms with Gasteiger partial charge in [0.15, 0.2) is 0 Å². The van der Waals surface area contributed by atoms with Crippen molar-refractivity contribution in [3.8, 4) is 5.88 Å². The van der Waals surface area contributed by atoms with Crippen molar-refractivity contribution in [1.29, 1.82) is 0 Å². The molecule has 0 aromatic carbocycles. The summed E-state index contributed by atoms with van der Waals surface area (Å²) in [6.07, 6.45) is 1.07. The van der Waals surface area contributed by atoms with Crippen LogP contribution in [0.5, 0.6) is 5.88 Å². The van der Waals surface area contributed by atoms with Gasteiger partial charge >= 0.3 is 0 Å². The second-order valence-electron chi connectivity index (χ2n) is 2.65. The maximum atomic E-state index is 5.06. The lowest BCUT2D eigenvalue weighted by Gasteiger charge is -2.04. The predicted molar refractivity (Wildman–Crippen MR) is 55.7 cm³/mol. The summed E-state index contributed by atoms with van der Waals surface area (Å²) < 4.78 is 6.30. The molecule has 0 bridgehead atoms. The molecule has 0 aliphatic carbocycles. The zero-order chi connectivity index (χ0) is 8.55. The number of methoxy groups -OCH3 is 1. The SMILES string of the molecule is COc1cc(I)c2c(n1)NCC2. The van der Waals surface area contributed by atoms with Crippen molar-refractivity contribution in [2.75, 3.05) is 19.0 Å². The predicted octanol–water partition coefficient (Wildman–Crippen LogP) is 1.66. The summed E-state index contributed by atoms with van der Waals surface area (Å²) in [6, 6.07) is 1.96. The normalized spacial score (nSPS) is 13.8. The first-order chi connectivity index (χ1) is 5.81. The van der Waals surface area contributed by atoms with E-state index in [0.717, 1.165) is 18.8 Å². The van der Waals surface area contributed by atoms with E-state index in [1.165, 1.54) is 9.13 Å². The maximum Gasteiger partial charge on any atom is 0.215 e. The second kappa shape index (κ2) is 3.08. The highest BCUT2D eigenvalue weighted by molar-refractivity contribution is 14.1. The van der Waals surface area contributed by atoms with Gasteiger partial charge in [0, 0.05) is 21.7 Å². The average molecular weight is 276 g/mol. The Hall–Kier alpha value is -0.520. The highest BCUT2D eigenvalue weighted by Crippen LogP contribution is 2.28. The van der Waals surface area contributed by atoms with Gasteiger partial charge in [0.25, 0.3) is 0 Å². The molecule has 0 unspecified atom stereocenters. The summed E-state index contributed by atoms with van der Waals surface area (Å²) in [5.74, 6) is 1.67. The number of anilines is 1. The van der Waals surface area contributed by atoms with Gasteiger partial charge in [0.05, 0.1) is 7.11 Å². The van der Waals surface area contributed by atoms with E-state index in [1.54, 1.807) is 7.11 Å². The van der Waals surface area contributed by atoms with Crippen LogP contribution in [-0.2, 0) is 6.42 Å². The summed E-state index contributed by atoms with van der Waals surface area (Å²) in [7, 11) is 1.64. The highest BCUT2D eigenvalue weighted by Gasteiger charge is 2.15. The first-order valence-corrected chi connectivity index (χ1v) is 4.86. The molecule has 4 heteroatoms. The lowest BCUT2D eigenvalue weighted by atomic mass is 10.2. The van der Waals surface area contributed by atoms with E-state index in [0.29, 0.717) is 5.88 Å². The van der Waals surface area contributed by atoms with E-state index in [-0.39, 0.29) is 0 Å². The Morgan fingerprint density at radius 1 is 1.67 bits per heavy atom. The Bertz CT molecular complexity index is 314. The van der Waals surface area contributed by atoms with Gasteiger partial charge in [-0.3, -0.25) is 0 Å². The summed E-state index contributed by atoms with van der Waals surface area (Å²) in [6.45, 7) is 0.992. The van der Waals surface area contributed by atoms with Crippen molar-refractivity contribution in [3.05, 3.63) is 15.2 Å². The Balaban J connectivity index is 2.51. The number of fused-ring (bicyclic) bond motifs is 1. The number of hydrogen-bond acceptors (Lipinski definition) is 3. The zero-order valence-electron chi connectivity index (χ0n) is 6.72. The molecule has 0 spiro atoms. The lowest BCUT2D eigenvalue weighted by molar-refractivity contribution is 0.398. The first kappa shape index (κ1) is 8.10. The fraction of sp³-hybridized carbons (Fsp3) is 0.375. The monoisotopic (exact) mass is 276 g/mol. The van der Waals surface area contributed by atoms with Gasteiger partial charge in [-0.25, -0.2) is 0 Å². The molecule has 0 fully saturated rings. The van der Waals surface area contributed by atoms with Crippen LogP contribution in [0, 0.1) is 3.57 Å². The van der Waals surface area contributed by atoms with E-state index < -0.39 is 0 Å². The molecule has 1 aliphatic rings. The molecule has 2 rings (SSSR count). The van der Waals surface area contributed by atoms with Crippen molar-refractivity contribution in [1.82, 2.24) is 4.98 Å². The minimum Gasteiger partial charge on any atom is -0.481 e. The van der Waals surface area contributed by atoms with Crippen LogP contribution in [0.15, 0.2) is 6.07 Å². The standard InChI is InChI=1S/C8H9IN2O/c1-12-7-4-6(9)5-2-3-10-8(5)11-7/h4H,2-3H2,1H3,(H,10,11). The van der Waals surface area contributed by atoms with E-state index in [2.05, 4.69) is 32.9 Å². The number of aromatic nitrogens is 1. The van der Waals surface area contributed by atoms with Gasteiger partial charge in [0.1, 0.15) is 5.82 Å². The molecular weight excluding hydrogens is 267 g/mol. The molecule has 64 valence electrons. The molecule has 2 heterocycles. The van der Waals surface area contributed by atoms with Gasteiger partial charge in [0.2, 0.25) is 5.88 Å². The molecule has 0 amide bonds. The van der Waals surface area contributed by atoms with Gasteiger partial charge < -0.3 is 10.1 Å². The van der Waals surface area contributed by atoms with Gasteiger partial charge in [-0.1, -0.05) is 0 Å². The van der Waals surface area contributed by atoms with Crippen molar-refractivity contribution < 1.29 is 4.74 Å². The molecule has 0 saturated heterocycles. The molecule has 1 N–H and O–H groups in total. The maximum absolute atomic E-state index is 5.06. The lowest BCUT2D eigenvalue weighted by Crippen LogP contribution is -1.95. The molecule has 0 atom stereocenters. The smallest absolute Gasteiger partial charge is 0.215 e. The number of nitrogens with zero attached hydrogens (tertiary/aromatic N) is 1. The quantitative estimate of drug-likeness (QED) is 0.792. The fourth-order valence-electron chi connectivity index (χ4n) is 1.31. The van der Waals surface area contributed by atoms with Crippen LogP contribution in [-0.4, -0.2) is 18.6 Å². The molecule has 12 heavy (non-hydrogen) atoms. The largest absolute Gasteiger partial charge is 0.481 e. The summed E-state index contributed by atoms with van der Waals surface area (Å²) >= 11 is 2.31. The first-order valence-electron chi connectivity index (χ1n) is 3.78. The molecular formula is C8H9IN2O. The zero-order valence-corrected chi connectivity index (χ0v) is 8.88. The Morgan fingerprint density at radius 3 is 3.25 bits per heavy atom. The van der Waals surface area contributed by atoms with Gasteiger partial charge in [-0.05, 0) is 29.0 Å². The number of hydrogen-bond donors (Lipinski definition) is 1. The topological polar surface area (TPSA) is 34.1 Å². The Kier molecular flexibility index (Phi) is 2.08. The van der Waals surface area contributed by atoms with E-state index in [1.807, 2.05) is 6.07 Å². The number of halogens is 1. The second-order valence-corrected chi connectivity index (χ2v) is 3.81. The Labute approximate surface area is 84.7 Å². The van der Waals surface area contributed by atoms with Crippen molar-refractivity contribution in [3.63, 3.8) is 0 Å². The summed E-state index contributed by atoms with van der Waals surface area (Å²) in [5, 5.41) is 3.22. The van der Waals surface area contributed by atoms with E-state index >= 15 is 0 Å². The Morgan fingerprint density at radius 2 is 2.50 bits per heavy atom. The number of ether oxygens (including phenoxy) is 1. The third-order valence-corrected chi connectivity index (χ3v) is 2.89. The van der Waals surface area contributed by atoms with Crippen LogP contribution in [0.2, 0.25) is 0 Å². The van der Waals surface area contributed by atoms with Crippen LogP contribution in [0.3, 0.4) is 0 Å². The van der Waals surface area contributed by atoms with Crippen LogP contribution in [0.4, 0.5) is 5.82 Å². The molecule has 0 radical (unpaired) electrons. The van der Waals surface area contributed by atoms with Crippen molar-refractivity contribution in [2.24, 2.45) is 0 Å².